The first-order chi connectivity index (χ1) is 21.6. The second-order valence-corrected chi connectivity index (χ2v) is 11.0. The van der Waals surface area contributed by atoms with Gasteiger partial charge in [-0.3, -0.25) is 19.4 Å². The van der Waals surface area contributed by atoms with E-state index in [0.717, 1.165) is 9.80 Å². The van der Waals surface area contributed by atoms with E-state index in [4.69, 9.17) is 4.74 Å². The van der Waals surface area contributed by atoms with Crippen LogP contribution in [0, 0.1) is 13.8 Å². The van der Waals surface area contributed by atoms with Crippen molar-refractivity contribution in [3.05, 3.63) is 93.0 Å². The Kier molecular flexibility index (Phi) is 14.2. The normalized spacial score (nSPS) is 12.9. The van der Waals surface area contributed by atoms with Crippen molar-refractivity contribution in [1.29, 1.82) is 0 Å². The number of hydrogen-bond donors (Lipinski definition) is 4. The number of carboxylic acids is 4. The molecule has 0 aliphatic carbocycles. The Labute approximate surface area is 319 Å². The van der Waals surface area contributed by atoms with Gasteiger partial charge in [-0.25, -0.2) is 4.79 Å². The average molecular weight is 681 g/mol. The molecular weight excluding hydrogens is 650 g/mol. The second kappa shape index (κ2) is 16.8. The molecular formula is C32H30N2Na2O12. The van der Waals surface area contributed by atoms with Crippen LogP contribution < -0.4 is 69.3 Å². The minimum absolute atomic E-state index is 0. The minimum atomic E-state index is -1.73. The van der Waals surface area contributed by atoms with Gasteiger partial charge in [0.05, 0.1) is 30.6 Å². The van der Waals surface area contributed by atoms with Crippen molar-refractivity contribution in [2.75, 3.05) is 26.2 Å². The van der Waals surface area contributed by atoms with Gasteiger partial charge in [0.15, 0.2) is 5.60 Å². The van der Waals surface area contributed by atoms with Crippen LogP contribution >= 0.6 is 0 Å². The van der Waals surface area contributed by atoms with Crippen molar-refractivity contribution >= 4 is 29.8 Å². The van der Waals surface area contributed by atoms with Crippen LogP contribution in [0.15, 0.2) is 48.5 Å². The number of phenolic OH excluding ortho intramolecular Hbond substituents is 2. The summed E-state index contributed by atoms with van der Waals surface area (Å²) in [5.41, 5.74) is 0.232. The molecule has 1 aliphatic heterocycles. The Hall–Kier alpha value is -3.47. The van der Waals surface area contributed by atoms with E-state index in [1.54, 1.807) is 50.2 Å². The van der Waals surface area contributed by atoms with Gasteiger partial charge in [-0.15, -0.1) is 0 Å². The van der Waals surface area contributed by atoms with Crippen LogP contribution in [0.25, 0.3) is 0 Å². The number of carboxylic acid groups (broad SMARTS) is 4. The van der Waals surface area contributed by atoms with E-state index in [0.29, 0.717) is 5.56 Å². The number of esters is 1. The quantitative estimate of drug-likeness (QED) is 0.0918. The van der Waals surface area contributed by atoms with Crippen molar-refractivity contribution in [2.45, 2.75) is 32.5 Å². The van der Waals surface area contributed by atoms with Crippen LogP contribution in [0.5, 0.6) is 11.5 Å². The molecule has 0 saturated heterocycles. The number of fused-ring (bicyclic) bond motifs is 1. The molecule has 0 unspecified atom stereocenters. The molecule has 3 aromatic rings. The Morgan fingerprint density at radius 1 is 0.729 bits per heavy atom. The third-order valence-corrected chi connectivity index (χ3v) is 7.56. The van der Waals surface area contributed by atoms with Crippen LogP contribution in [0.4, 0.5) is 0 Å². The largest absolute Gasteiger partial charge is 1.00 e. The summed E-state index contributed by atoms with van der Waals surface area (Å²) in [4.78, 5) is 61.0. The molecule has 4 rings (SSSR count). The van der Waals surface area contributed by atoms with Crippen LogP contribution in [-0.4, -0.2) is 86.3 Å². The Morgan fingerprint density at radius 2 is 1.15 bits per heavy atom. The Bertz CT molecular complexity index is 1620. The first-order valence-electron chi connectivity index (χ1n) is 13.9. The smallest absolute Gasteiger partial charge is 0.549 e. The van der Waals surface area contributed by atoms with Gasteiger partial charge in [0, 0.05) is 54.0 Å². The second-order valence-electron chi connectivity index (χ2n) is 11.0. The maximum absolute atomic E-state index is 13.3. The van der Waals surface area contributed by atoms with Crippen LogP contribution in [-0.2, 0) is 42.6 Å². The molecule has 242 valence electrons. The number of rotatable bonds is 14. The maximum atomic E-state index is 13.3. The SMILES string of the molecule is Cc1cc(C2(c3cc(C)c(O)c(CN(CC(=O)[O-])CC(=O)O)c3)OC(=O)c3ccccc32)cc(CN(CC(=O)[O-])CC(=O)O)c1O.[Na+].[Na+]. The van der Waals surface area contributed by atoms with E-state index in [9.17, 15) is 54.6 Å². The molecule has 3 aromatic carbocycles. The van der Waals surface area contributed by atoms with Crippen LogP contribution in [0.2, 0.25) is 0 Å². The van der Waals surface area contributed by atoms with Crippen molar-refractivity contribution < 1.29 is 118 Å². The summed E-state index contributed by atoms with van der Waals surface area (Å²) in [6.07, 6.45) is 0. The predicted molar refractivity (Wildman–Crippen MR) is 153 cm³/mol. The van der Waals surface area contributed by atoms with Gasteiger partial charge in [-0.2, -0.15) is 0 Å². The molecule has 1 aliphatic rings. The Balaban J connectivity index is 0.00000400. The van der Waals surface area contributed by atoms with Gasteiger partial charge in [-0.05, 0) is 55.3 Å². The summed E-state index contributed by atoms with van der Waals surface area (Å²) in [6.45, 7) is -0.433. The number of ether oxygens (including phenoxy) is 1. The summed E-state index contributed by atoms with van der Waals surface area (Å²) in [6, 6.07) is 12.5. The average Bonchev–Trinajstić information content (AvgIpc) is 3.25. The number of aliphatic carboxylic acids is 4. The molecule has 14 nitrogen and oxygen atoms in total. The molecule has 0 radical (unpaired) electrons. The molecule has 48 heavy (non-hydrogen) atoms. The summed E-state index contributed by atoms with van der Waals surface area (Å²) in [5, 5.41) is 63.3. The van der Waals surface area contributed by atoms with Gasteiger partial charge in [0.1, 0.15) is 11.5 Å². The number of aromatic hydroxyl groups is 2. The molecule has 0 bridgehead atoms. The fraction of sp³-hybridized carbons (Fsp3) is 0.281. The summed E-state index contributed by atoms with van der Waals surface area (Å²) < 4.78 is 6.13. The minimum Gasteiger partial charge on any atom is -0.549 e. The summed E-state index contributed by atoms with van der Waals surface area (Å²) in [7, 11) is 0. The zero-order valence-electron chi connectivity index (χ0n) is 26.8. The fourth-order valence-electron chi connectivity index (χ4n) is 5.73. The molecule has 0 spiro atoms. The molecule has 1 heterocycles. The van der Waals surface area contributed by atoms with E-state index < -0.39 is 61.6 Å². The number of carbonyl (C=O) groups excluding carboxylic acids is 3. The number of hydrogen-bond acceptors (Lipinski definition) is 12. The molecule has 0 fully saturated rings. The van der Waals surface area contributed by atoms with Gasteiger partial charge in [0.25, 0.3) is 0 Å². The number of phenols is 2. The number of carbonyl (C=O) groups is 5. The number of benzene rings is 3. The summed E-state index contributed by atoms with van der Waals surface area (Å²) in [5.74, 6) is -6.90. The van der Waals surface area contributed by atoms with E-state index in [1.165, 1.54) is 12.1 Å². The molecule has 0 aromatic heterocycles. The third-order valence-electron chi connectivity index (χ3n) is 7.56. The monoisotopic (exact) mass is 680 g/mol. The van der Waals surface area contributed by atoms with E-state index in [-0.39, 0.29) is 123 Å². The fourth-order valence-corrected chi connectivity index (χ4v) is 5.73. The Morgan fingerprint density at radius 3 is 1.54 bits per heavy atom. The zero-order chi connectivity index (χ0) is 33.9. The standard InChI is InChI=1S/C32H32N2O12.2Na/c1-17-7-21(9-19(29(17)43)11-33(13-25(35)36)14-26(37)38)32(24-6-4-3-5-23(24)31(45)46-32)22-8-18(2)30(44)20(10-22)12-34(15-27(39)40)16-28(41)42;;/h3-10,43-44H,11-16H2,1-2H3,(H,35,36)(H,37,38)(H,39,40)(H,41,42);;/q;2*+1/p-2. The van der Waals surface area contributed by atoms with Gasteiger partial charge in [0.2, 0.25) is 0 Å². The summed E-state index contributed by atoms with van der Waals surface area (Å²) >= 11 is 0. The van der Waals surface area contributed by atoms with Crippen molar-refractivity contribution in [3.63, 3.8) is 0 Å². The van der Waals surface area contributed by atoms with Crippen LogP contribution in [0.1, 0.15) is 49.3 Å². The van der Waals surface area contributed by atoms with Crippen molar-refractivity contribution in [2.24, 2.45) is 0 Å². The van der Waals surface area contributed by atoms with Gasteiger partial charge in [-0.1, -0.05) is 18.2 Å². The zero-order valence-corrected chi connectivity index (χ0v) is 30.8. The first-order valence-corrected chi connectivity index (χ1v) is 13.9. The molecule has 16 heteroatoms. The van der Waals surface area contributed by atoms with E-state index in [1.807, 2.05) is 0 Å². The first kappa shape index (κ1) is 40.7. The van der Waals surface area contributed by atoms with E-state index >= 15 is 0 Å². The van der Waals surface area contributed by atoms with Crippen molar-refractivity contribution in [1.82, 2.24) is 9.80 Å². The number of aryl methyl sites for hydroxylation is 2. The maximum Gasteiger partial charge on any atom is 1.00 e. The van der Waals surface area contributed by atoms with Crippen LogP contribution in [0.3, 0.4) is 0 Å². The molecule has 0 amide bonds. The molecule has 4 N–H and O–H groups in total. The molecule has 0 saturated carbocycles. The number of nitrogens with zero attached hydrogens (tertiary/aromatic N) is 2. The van der Waals surface area contributed by atoms with Crippen molar-refractivity contribution in [3.8, 4) is 11.5 Å². The van der Waals surface area contributed by atoms with E-state index in [2.05, 4.69) is 0 Å². The van der Waals surface area contributed by atoms with Gasteiger partial charge >= 0.3 is 77.0 Å². The third kappa shape index (κ3) is 8.95. The topological polar surface area (TPSA) is 228 Å². The molecule has 0 atom stereocenters. The predicted octanol–water partition coefficient (Wildman–Crippen LogP) is -6.54. The van der Waals surface area contributed by atoms with Gasteiger partial charge < -0.3 is 45.0 Å². The number of cyclic esters (lactones) is 1.